The molecule has 0 aliphatic carbocycles. The number of benzene rings is 1. The topological polar surface area (TPSA) is 101 Å². The van der Waals surface area contributed by atoms with Crippen molar-refractivity contribution in [2.75, 3.05) is 26.4 Å². The van der Waals surface area contributed by atoms with Gasteiger partial charge in [0.05, 0.1) is 49.8 Å². The number of aromatic nitrogens is 3. The van der Waals surface area contributed by atoms with Crippen LogP contribution < -0.4 is 15.7 Å². The van der Waals surface area contributed by atoms with Gasteiger partial charge >= 0.3 is 0 Å². The molecule has 0 amide bonds. The smallest absolute Gasteiger partial charge is 0.161 e. The van der Waals surface area contributed by atoms with E-state index in [1.165, 1.54) is 4.90 Å². The van der Waals surface area contributed by atoms with Crippen molar-refractivity contribution in [1.29, 1.82) is 0 Å². The van der Waals surface area contributed by atoms with E-state index >= 15 is 0 Å². The molecule has 0 fully saturated rings. The van der Waals surface area contributed by atoms with E-state index in [-0.39, 0.29) is 16.9 Å². The molecule has 7 heteroatoms. The fourth-order valence-electron chi connectivity index (χ4n) is 2.48. The van der Waals surface area contributed by atoms with Gasteiger partial charge in [-0.2, -0.15) is 0 Å². The molecule has 22 heavy (non-hydrogen) atoms. The Morgan fingerprint density at radius 2 is 1.91 bits per heavy atom. The van der Waals surface area contributed by atoms with E-state index in [1.807, 2.05) is 32.3 Å². The first-order chi connectivity index (χ1) is 10.5. The number of carboxylic acids is 1. The first-order valence-corrected chi connectivity index (χ1v) is 7.04. The zero-order valence-electron chi connectivity index (χ0n) is 12.5. The van der Waals surface area contributed by atoms with Crippen molar-refractivity contribution in [1.82, 2.24) is 14.5 Å². The molecule has 0 bridgehead atoms. The van der Waals surface area contributed by atoms with Crippen LogP contribution in [0.15, 0.2) is 24.3 Å². The van der Waals surface area contributed by atoms with Crippen LogP contribution in [0.2, 0.25) is 0 Å². The summed E-state index contributed by atoms with van der Waals surface area (Å²) in [5.41, 5.74) is 8.04. The highest BCUT2D eigenvalue weighted by Gasteiger charge is 2.19. The highest BCUT2D eigenvalue weighted by Crippen LogP contribution is 2.26. The average molecular weight is 299 g/mol. The molecule has 0 spiro atoms. The first-order valence-electron chi connectivity index (χ1n) is 7.04. The number of rotatable bonds is 4. The number of carboxylic acid groups (broad SMARTS) is 1. The summed E-state index contributed by atoms with van der Waals surface area (Å²) in [6.07, 6.45) is 0. The lowest BCUT2D eigenvalue weighted by Crippen LogP contribution is -3.06. The van der Waals surface area contributed by atoms with Crippen LogP contribution in [-0.2, 0) is 6.54 Å². The van der Waals surface area contributed by atoms with E-state index in [4.69, 9.17) is 5.73 Å². The minimum Gasteiger partial charge on any atom is -0.545 e. The molecule has 0 atom stereocenters. The molecule has 0 saturated heterocycles. The standard InChI is InChI=1S/C15H17N5O2/c1-19(2)7-8-20-13(16)11(15(21)22)12-14(20)18-10-6-4-3-5-9(10)17-12/h3-6H,7-8,16H2,1-2H3,(H,21,22). The van der Waals surface area contributed by atoms with Gasteiger partial charge in [0, 0.05) is 0 Å². The van der Waals surface area contributed by atoms with Gasteiger partial charge in [-0.15, -0.1) is 0 Å². The van der Waals surface area contributed by atoms with Crippen molar-refractivity contribution in [3.05, 3.63) is 29.8 Å². The maximum atomic E-state index is 11.4. The molecule has 3 N–H and O–H groups in total. The van der Waals surface area contributed by atoms with Crippen LogP contribution in [-0.4, -0.2) is 41.1 Å². The number of carbonyl (C=O) groups is 1. The van der Waals surface area contributed by atoms with Crippen LogP contribution in [0.3, 0.4) is 0 Å². The fraction of sp³-hybridized carbons (Fsp3) is 0.267. The Hall–Kier alpha value is -2.67. The summed E-state index contributed by atoms with van der Waals surface area (Å²) in [6.45, 7) is 1.35. The van der Waals surface area contributed by atoms with E-state index in [2.05, 4.69) is 9.97 Å². The molecule has 3 aromatic rings. The maximum absolute atomic E-state index is 11.4. The third kappa shape index (κ3) is 2.25. The number of carbonyl (C=O) groups excluding carboxylic acids is 1. The summed E-state index contributed by atoms with van der Waals surface area (Å²) in [6, 6.07) is 7.32. The summed E-state index contributed by atoms with van der Waals surface area (Å²) in [5, 5.41) is 11.4. The van der Waals surface area contributed by atoms with E-state index in [0.29, 0.717) is 23.2 Å². The average Bonchev–Trinajstić information content (AvgIpc) is 2.73. The van der Waals surface area contributed by atoms with E-state index in [0.717, 1.165) is 6.54 Å². The predicted octanol–water partition coefficient (Wildman–Crippen LogP) is -1.33. The number of likely N-dealkylation sites (N-methyl/N-ethyl adjacent to an activating group) is 1. The van der Waals surface area contributed by atoms with Gasteiger partial charge in [-0.1, -0.05) is 12.1 Å². The Kier molecular flexibility index (Phi) is 3.42. The van der Waals surface area contributed by atoms with Gasteiger partial charge in [-0.25, -0.2) is 9.97 Å². The number of nitrogens with one attached hydrogen (secondary N) is 1. The Labute approximate surface area is 127 Å². The Morgan fingerprint density at radius 3 is 2.50 bits per heavy atom. The number of hydrogen-bond donors (Lipinski definition) is 2. The van der Waals surface area contributed by atoms with Gasteiger partial charge in [0.1, 0.15) is 11.3 Å². The number of quaternary nitrogens is 1. The van der Waals surface area contributed by atoms with Crippen molar-refractivity contribution in [3.63, 3.8) is 0 Å². The van der Waals surface area contributed by atoms with Gasteiger partial charge in [-0.3, -0.25) is 0 Å². The third-order valence-corrected chi connectivity index (χ3v) is 3.63. The Balaban J connectivity index is 2.31. The molecule has 114 valence electrons. The highest BCUT2D eigenvalue weighted by molar-refractivity contribution is 6.06. The Morgan fingerprint density at radius 1 is 1.27 bits per heavy atom. The van der Waals surface area contributed by atoms with E-state index in [1.54, 1.807) is 10.6 Å². The SMILES string of the molecule is C[NH+](C)CCn1c(N)c(C(=O)[O-])c2nc3ccccc3nc21. The highest BCUT2D eigenvalue weighted by atomic mass is 16.4. The van der Waals surface area contributed by atoms with Gasteiger partial charge in [0.2, 0.25) is 0 Å². The lowest BCUT2D eigenvalue weighted by molar-refractivity contribution is -0.858. The molecule has 0 radical (unpaired) electrons. The molecule has 2 aromatic heterocycles. The molecule has 0 saturated carbocycles. The quantitative estimate of drug-likeness (QED) is 0.622. The largest absolute Gasteiger partial charge is 0.545 e. The van der Waals surface area contributed by atoms with Gasteiger partial charge in [0.25, 0.3) is 0 Å². The second-order valence-corrected chi connectivity index (χ2v) is 5.54. The molecule has 0 aliphatic heterocycles. The summed E-state index contributed by atoms with van der Waals surface area (Å²) in [5.74, 6) is -1.19. The molecule has 1 aromatic carbocycles. The minimum atomic E-state index is -1.33. The van der Waals surface area contributed by atoms with Crippen molar-refractivity contribution < 1.29 is 14.8 Å². The molecule has 2 heterocycles. The van der Waals surface area contributed by atoms with Crippen LogP contribution in [0.1, 0.15) is 10.4 Å². The predicted molar refractivity (Wildman–Crippen MR) is 81.5 cm³/mol. The van der Waals surface area contributed by atoms with Crippen molar-refractivity contribution >= 4 is 34.0 Å². The Bertz CT molecular complexity index is 869. The minimum absolute atomic E-state index is 0.0815. The zero-order valence-corrected chi connectivity index (χ0v) is 12.5. The van der Waals surface area contributed by atoms with Crippen LogP contribution in [0.25, 0.3) is 22.2 Å². The molecule has 0 unspecified atom stereocenters. The number of fused-ring (bicyclic) bond motifs is 2. The zero-order chi connectivity index (χ0) is 15.9. The summed E-state index contributed by atoms with van der Waals surface area (Å²) in [4.78, 5) is 21.6. The van der Waals surface area contributed by atoms with Gasteiger partial charge in [0.15, 0.2) is 5.65 Å². The van der Waals surface area contributed by atoms with Crippen LogP contribution in [0, 0.1) is 0 Å². The lowest BCUT2D eigenvalue weighted by Gasteiger charge is -2.10. The summed E-state index contributed by atoms with van der Waals surface area (Å²) < 4.78 is 1.70. The lowest BCUT2D eigenvalue weighted by atomic mass is 10.2. The summed E-state index contributed by atoms with van der Waals surface area (Å²) in [7, 11) is 4.03. The first kappa shape index (κ1) is 14.3. The molecule has 0 aliphatic rings. The normalized spacial score (nSPS) is 11.6. The van der Waals surface area contributed by atoms with Crippen LogP contribution >= 0.6 is 0 Å². The van der Waals surface area contributed by atoms with E-state index < -0.39 is 5.97 Å². The molecular weight excluding hydrogens is 282 g/mol. The van der Waals surface area contributed by atoms with Crippen molar-refractivity contribution in [3.8, 4) is 0 Å². The second-order valence-electron chi connectivity index (χ2n) is 5.54. The van der Waals surface area contributed by atoms with Gasteiger partial charge in [-0.05, 0) is 12.1 Å². The van der Waals surface area contributed by atoms with Crippen LogP contribution in [0.4, 0.5) is 5.82 Å². The molecule has 7 nitrogen and oxygen atoms in total. The number of aromatic carboxylic acids is 1. The number of hydrogen-bond acceptors (Lipinski definition) is 5. The number of nitrogens with zero attached hydrogens (tertiary/aromatic N) is 3. The third-order valence-electron chi connectivity index (χ3n) is 3.63. The van der Waals surface area contributed by atoms with E-state index in [9.17, 15) is 9.90 Å². The molecular formula is C15H17N5O2. The van der Waals surface area contributed by atoms with Crippen molar-refractivity contribution in [2.24, 2.45) is 0 Å². The number of nitrogens with two attached hydrogens (primary N) is 1. The number of nitrogen functional groups attached to an aromatic ring is 1. The second kappa shape index (κ2) is 5.27. The summed E-state index contributed by atoms with van der Waals surface area (Å²) >= 11 is 0. The monoisotopic (exact) mass is 299 g/mol. The van der Waals surface area contributed by atoms with Crippen molar-refractivity contribution in [2.45, 2.75) is 6.54 Å². The molecule has 3 rings (SSSR count). The fourth-order valence-corrected chi connectivity index (χ4v) is 2.48. The van der Waals surface area contributed by atoms with Gasteiger partial charge < -0.3 is 25.1 Å². The number of anilines is 1. The van der Waals surface area contributed by atoms with Crippen LogP contribution in [0.5, 0.6) is 0 Å². The maximum Gasteiger partial charge on any atom is 0.161 e. The number of para-hydroxylation sites is 2.